The van der Waals surface area contributed by atoms with Gasteiger partial charge in [-0.2, -0.15) is 10.5 Å². The summed E-state index contributed by atoms with van der Waals surface area (Å²) in [6.07, 6.45) is 3.61. The molecule has 0 saturated carbocycles. The number of nitriles is 2. The van der Waals surface area contributed by atoms with E-state index in [1.54, 1.807) is 18.3 Å². The van der Waals surface area contributed by atoms with Crippen LogP contribution < -0.4 is 0 Å². The molecule has 2 heterocycles. The van der Waals surface area contributed by atoms with Crippen molar-refractivity contribution in [3.63, 3.8) is 0 Å². The third kappa shape index (κ3) is 1.45. The van der Waals surface area contributed by atoms with Gasteiger partial charge in [0.15, 0.2) is 0 Å². The first kappa shape index (κ1) is 11.5. The van der Waals surface area contributed by atoms with Crippen LogP contribution in [-0.2, 0) is 0 Å². The van der Waals surface area contributed by atoms with Crippen molar-refractivity contribution >= 4 is 27.3 Å². The van der Waals surface area contributed by atoms with E-state index in [9.17, 15) is 10.5 Å². The summed E-state index contributed by atoms with van der Waals surface area (Å²) in [6.45, 7) is 0. The molecule has 0 aliphatic heterocycles. The number of hydrogen-bond donors (Lipinski definition) is 0. The van der Waals surface area contributed by atoms with E-state index in [1.165, 1.54) is 0 Å². The van der Waals surface area contributed by atoms with Crippen molar-refractivity contribution in [3.8, 4) is 12.1 Å². The normalized spacial score (nSPS) is 10.8. The van der Waals surface area contributed by atoms with Crippen molar-refractivity contribution in [2.75, 3.05) is 0 Å². The van der Waals surface area contributed by atoms with Crippen LogP contribution in [0, 0.1) is 22.7 Å². The van der Waals surface area contributed by atoms with E-state index in [-0.39, 0.29) is 0 Å². The van der Waals surface area contributed by atoms with Crippen LogP contribution in [0.1, 0.15) is 11.1 Å². The number of nitrogens with zero attached hydrogens (tertiary/aromatic N) is 4. The Hall–Kier alpha value is -3.37. The number of aromatic nitrogens is 2. The van der Waals surface area contributed by atoms with Crippen LogP contribution in [0.5, 0.6) is 0 Å². The third-order valence-electron chi connectivity index (χ3n) is 3.74. The number of benzene rings is 2. The number of fused-ring (bicyclic) bond motifs is 6. The molecule has 0 unspecified atom stereocenters. The van der Waals surface area contributed by atoms with Crippen LogP contribution in [0.2, 0.25) is 0 Å². The van der Waals surface area contributed by atoms with Gasteiger partial charge in [-0.05, 0) is 17.5 Å². The lowest BCUT2D eigenvalue weighted by atomic mass is 10.0. The highest BCUT2D eigenvalue weighted by molar-refractivity contribution is 6.12. The standard InChI is InChI=1S/C17H8N4/c18-9-11-7-15-13-3-1-2-4-14(13)17-20-5-6-21(17)16(15)8-12(11)10-19/h1-8H. The first-order chi connectivity index (χ1) is 10.3. The maximum atomic E-state index is 9.23. The molecule has 0 atom stereocenters. The molecule has 4 aromatic rings. The van der Waals surface area contributed by atoms with Gasteiger partial charge in [0.2, 0.25) is 0 Å². The first-order valence-corrected chi connectivity index (χ1v) is 6.45. The van der Waals surface area contributed by atoms with Crippen molar-refractivity contribution in [2.24, 2.45) is 0 Å². The minimum atomic E-state index is 0.385. The topological polar surface area (TPSA) is 64.9 Å². The van der Waals surface area contributed by atoms with Crippen LogP contribution in [0.4, 0.5) is 0 Å². The largest absolute Gasteiger partial charge is 0.299 e. The van der Waals surface area contributed by atoms with Gasteiger partial charge in [-0.15, -0.1) is 0 Å². The summed E-state index contributed by atoms with van der Waals surface area (Å²) in [7, 11) is 0. The van der Waals surface area contributed by atoms with Crippen molar-refractivity contribution in [2.45, 2.75) is 0 Å². The molecule has 0 aliphatic carbocycles. The van der Waals surface area contributed by atoms with Crippen LogP contribution in [0.25, 0.3) is 27.3 Å². The first-order valence-electron chi connectivity index (χ1n) is 6.45. The fraction of sp³-hybridized carbons (Fsp3) is 0. The monoisotopic (exact) mass is 268 g/mol. The SMILES string of the molecule is N#Cc1cc2c3ccccc3c3nccn3c2cc1C#N. The molecule has 0 radical (unpaired) electrons. The minimum Gasteiger partial charge on any atom is -0.299 e. The molecule has 0 N–H and O–H groups in total. The van der Waals surface area contributed by atoms with Gasteiger partial charge in [-0.3, -0.25) is 4.40 Å². The van der Waals surface area contributed by atoms with E-state index < -0.39 is 0 Å². The second-order valence-electron chi connectivity index (χ2n) is 4.80. The highest BCUT2D eigenvalue weighted by Gasteiger charge is 2.12. The zero-order valence-electron chi connectivity index (χ0n) is 10.9. The fourth-order valence-corrected chi connectivity index (χ4v) is 2.80. The Morgan fingerprint density at radius 3 is 2.38 bits per heavy atom. The smallest absolute Gasteiger partial charge is 0.145 e. The summed E-state index contributed by atoms with van der Waals surface area (Å²) < 4.78 is 1.96. The summed E-state index contributed by atoms with van der Waals surface area (Å²) in [4.78, 5) is 4.41. The molecule has 4 rings (SSSR count). The molecule has 0 bridgehead atoms. The zero-order valence-corrected chi connectivity index (χ0v) is 10.9. The van der Waals surface area contributed by atoms with Gasteiger partial charge in [0, 0.05) is 23.2 Å². The summed E-state index contributed by atoms with van der Waals surface area (Å²) in [6, 6.07) is 15.7. The van der Waals surface area contributed by atoms with Crippen molar-refractivity contribution in [3.05, 3.63) is 59.9 Å². The highest BCUT2D eigenvalue weighted by Crippen LogP contribution is 2.30. The molecule has 4 nitrogen and oxygen atoms in total. The number of rotatable bonds is 0. The summed E-state index contributed by atoms with van der Waals surface area (Å²) in [5.74, 6) is 0. The molecule has 0 spiro atoms. The number of hydrogen-bond acceptors (Lipinski definition) is 3. The van der Waals surface area contributed by atoms with Crippen LogP contribution in [-0.4, -0.2) is 9.38 Å². The molecule has 2 aromatic carbocycles. The molecule has 0 fully saturated rings. The lowest BCUT2D eigenvalue weighted by Gasteiger charge is -2.09. The Balaban J connectivity index is 2.38. The Morgan fingerprint density at radius 1 is 0.905 bits per heavy atom. The molecular formula is C17H8N4. The van der Waals surface area contributed by atoms with Crippen molar-refractivity contribution in [1.29, 1.82) is 10.5 Å². The average Bonchev–Trinajstić information content (AvgIpc) is 3.03. The number of imidazole rings is 1. The summed E-state index contributed by atoms with van der Waals surface area (Å²) >= 11 is 0. The maximum Gasteiger partial charge on any atom is 0.145 e. The Morgan fingerprint density at radius 2 is 1.62 bits per heavy atom. The van der Waals surface area contributed by atoms with E-state index in [0.29, 0.717) is 11.1 Å². The Kier molecular flexibility index (Phi) is 2.22. The molecule has 2 aromatic heterocycles. The van der Waals surface area contributed by atoms with E-state index in [2.05, 4.69) is 17.1 Å². The highest BCUT2D eigenvalue weighted by atomic mass is 15.0. The van der Waals surface area contributed by atoms with Gasteiger partial charge in [-0.25, -0.2) is 4.98 Å². The van der Waals surface area contributed by atoms with Gasteiger partial charge >= 0.3 is 0 Å². The van der Waals surface area contributed by atoms with Crippen LogP contribution in [0.15, 0.2) is 48.8 Å². The van der Waals surface area contributed by atoms with Crippen LogP contribution >= 0.6 is 0 Å². The van der Waals surface area contributed by atoms with Gasteiger partial charge < -0.3 is 0 Å². The molecule has 0 saturated heterocycles. The molecule has 4 heteroatoms. The average molecular weight is 268 g/mol. The summed E-state index contributed by atoms with van der Waals surface area (Å²) in [5.41, 5.74) is 2.52. The van der Waals surface area contributed by atoms with E-state index in [4.69, 9.17) is 0 Å². The van der Waals surface area contributed by atoms with Crippen LogP contribution in [0.3, 0.4) is 0 Å². The zero-order chi connectivity index (χ0) is 14.4. The Bertz CT molecular complexity index is 1110. The maximum absolute atomic E-state index is 9.23. The van der Waals surface area contributed by atoms with Gasteiger partial charge in [0.05, 0.1) is 16.6 Å². The second kappa shape index (κ2) is 4.06. The quantitative estimate of drug-likeness (QED) is 0.459. The van der Waals surface area contributed by atoms with Gasteiger partial charge in [0.1, 0.15) is 17.8 Å². The molecule has 96 valence electrons. The summed E-state index contributed by atoms with van der Waals surface area (Å²) in [5, 5.41) is 21.5. The van der Waals surface area contributed by atoms with E-state index in [1.807, 2.05) is 34.9 Å². The Labute approximate surface area is 120 Å². The number of pyridine rings is 1. The fourth-order valence-electron chi connectivity index (χ4n) is 2.80. The van der Waals surface area contributed by atoms with Gasteiger partial charge in [-0.1, -0.05) is 24.3 Å². The molecular weight excluding hydrogens is 260 g/mol. The molecule has 0 aliphatic rings. The predicted octanol–water partition coefficient (Wildman–Crippen LogP) is 3.38. The second-order valence-corrected chi connectivity index (χ2v) is 4.80. The van der Waals surface area contributed by atoms with E-state index in [0.717, 1.165) is 27.3 Å². The van der Waals surface area contributed by atoms with Gasteiger partial charge in [0.25, 0.3) is 0 Å². The van der Waals surface area contributed by atoms with Crippen molar-refractivity contribution < 1.29 is 0 Å². The predicted molar refractivity (Wildman–Crippen MR) is 79.6 cm³/mol. The third-order valence-corrected chi connectivity index (χ3v) is 3.74. The molecule has 0 amide bonds. The van der Waals surface area contributed by atoms with Crippen molar-refractivity contribution in [1.82, 2.24) is 9.38 Å². The molecule has 21 heavy (non-hydrogen) atoms. The lowest BCUT2D eigenvalue weighted by Crippen LogP contribution is -1.93. The lowest BCUT2D eigenvalue weighted by molar-refractivity contribution is 1.27. The minimum absolute atomic E-state index is 0.385. The van der Waals surface area contributed by atoms with E-state index >= 15 is 0 Å².